The smallest absolute Gasteiger partial charge is 0.261 e. The van der Waals surface area contributed by atoms with E-state index in [1.807, 2.05) is 39.0 Å². The quantitative estimate of drug-likeness (QED) is 0.350. The first-order chi connectivity index (χ1) is 16.7. The van der Waals surface area contributed by atoms with Crippen LogP contribution in [0.25, 0.3) is 0 Å². The number of hydrogen-bond donors (Lipinski definition) is 2. The highest BCUT2D eigenvalue weighted by molar-refractivity contribution is 7.92. The van der Waals surface area contributed by atoms with Gasteiger partial charge < -0.3 is 10.1 Å². The molecular weight excluding hydrogens is 480 g/mol. The average Bonchev–Trinajstić information content (AvgIpc) is 3.31. The number of nitrogens with one attached hydrogen (secondary N) is 2. The highest BCUT2D eigenvalue weighted by Crippen LogP contribution is 2.50. The van der Waals surface area contributed by atoms with Crippen molar-refractivity contribution in [3.8, 4) is 5.75 Å². The fourth-order valence-corrected chi connectivity index (χ4v) is 6.33. The van der Waals surface area contributed by atoms with Gasteiger partial charge >= 0.3 is 0 Å². The Balaban J connectivity index is 1.44. The van der Waals surface area contributed by atoms with Crippen LogP contribution >= 0.6 is 11.6 Å². The molecular formula is C28H29ClN2O3S. The molecule has 5 rings (SSSR count). The summed E-state index contributed by atoms with van der Waals surface area (Å²) in [5.41, 5.74) is 4.45. The molecule has 2 aliphatic rings. The molecule has 0 saturated carbocycles. The van der Waals surface area contributed by atoms with E-state index in [1.54, 1.807) is 30.3 Å². The fourth-order valence-electron chi connectivity index (χ4n) is 5.00. The number of benzene rings is 3. The predicted octanol–water partition coefficient (Wildman–Crippen LogP) is 7.06. The standard InChI is InChI=1S/C28H29ClN2O3S/c1-17(2)34-21-11-8-19(9-12-21)28-24-6-4-5-23(24)25-16-22(13-14-26(25)30-28)35(32,33)31-27-15-20(29)10-7-18(27)3/h4-5,7-17,23-24,28,30-31H,6H2,1-3H3/t23-,24+,28+/m0/s1. The minimum Gasteiger partial charge on any atom is -0.491 e. The monoisotopic (exact) mass is 508 g/mol. The molecule has 0 fully saturated rings. The second-order valence-corrected chi connectivity index (χ2v) is 11.6. The maximum Gasteiger partial charge on any atom is 0.261 e. The Hall–Kier alpha value is -2.96. The van der Waals surface area contributed by atoms with Gasteiger partial charge in [0.2, 0.25) is 0 Å². The van der Waals surface area contributed by atoms with E-state index >= 15 is 0 Å². The van der Waals surface area contributed by atoms with Crippen LogP contribution in [-0.2, 0) is 10.0 Å². The van der Waals surface area contributed by atoms with Crippen LogP contribution in [0, 0.1) is 12.8 Å². The average molecular weight is 509 g/mol. The Morgan fingerprint density at radius 1 is 1.06 bits per heavy atom. The first kappa shape index (κ1) is 23.8. The van der Waals surface area contributed by atoms with Gasteiger partial charge in [0.25, 0.3) is 10.0 Å². The summed E-state index contributed by atoms with van der Waals surface area (Å²) in [5, 5.41) is 4.16. The molecule has 0 amide bonds. The van der Waals surface area contributed by atoms with E-state index in [2.05, 4.69) is 34.3 Å². The van der Waals surface area contributed by atoms with Crippen molar-refractivity contribution in [2.45, 2.75) is 50.2 Å². The lowest BCUT2D eigenvalue weighted by Gasteiger charge is -2.37. The summed E-state index contributed by atoms with van der Waals surface area (Å²) >= 11 is 6.08. The summed E-state index contributed by atoms with van der Waals surface area (Å²) in [6, 6.07) is 18.9. The summed E-state index contributed by atoms with van der Waals surface area (Å²) in [4.78, 5) is 0.241. The van der Waals surface area contributed by atoms with Crippen LogP contribution in [0.5, 0.6) is 5.75 Å². The van der Waals surface area contributed by atoms with Gasteiger partial charge in [-0.25, -0.2) is 8.42 Å². The molecule has 0 spiro atoms. The molecule has 7 heteroatoms. The molecule has 3 atom stereocenters. The van der Waals surface area contributed by atoms with Gasteiger partial charge in [0.1, 0.15) is 5.75 Å². The molecule has 1 aliphatic carbocycles. The van der Waals surface area contributed by atoms with Gasteiger partial charge in [-0.2, -0.15) is 0 Å². The van der Waals surface area contributed by atoms with Crippen LogP contribution in [0.4, 0.5) is 11.4 Å². The van der Waals surface area contributed by atoms with Gasteiger partial charge in [-0.15, -0.1) is 0 Å². The second-order valence-electron chi connectivity index (χ2n) is 9.52. The molecule has 3 aromatic carbocycles. The van der Waals surface area contributed by atoms with E-state index in [0.29, 0.717) is 16.6 Å². The Labute approximate surface area is 212 Å². The molecule has 0 radical (unpaired) electrons. The third-order valence-corrected chi connectivity index (χ3v) is 8.30. The zero-order valence-corrected chi connectivity index (χ0v) is 21.5. The highest BCUT2D eigenvalue weighted by Gasteiger charge is 2.38. The van der Waals surface area contributed by atoms with E-state index in [-0.39, 0.29) is 23.0 Å². The lowest BCUT2D eigenvalue weighted by molar-refractivity contribution is 0.242. The molecule has 1 aliphatic heterocycles. The molecule has 0 aromatic heterocycles. The van der Waals surface area contributed by atoms with Gasteiger partial charge in [0, 0.05) is 16.6 Å². The van der Waals surface area contributed by atoms with E-state index in [9.17, 15) is 8.42 Å². The molecule has 182 valence electrons. The largest absolute Gasteiger partial charge is 0.491 e. The Kier molecular flexibility index (Phi) is 6.28. The zero-order chi connectivity index (χ0) is 24.7. The summed E-state index contributed by atoms with van der Waals surface area (Å²) in [6.45, 7) is 5.88. The topological polar surface area (TPSA) is 67.4 Å². The van der Waals surface area contributed by atoms with Crippen LogP contribution in [0.3, 0.4) is 0 Å². The van der Waals surface area contributed by atoms with Gasteiger partial charge in [-0.05, 0) is 92.3 Å². The van der Waals surface area contributed by atoms with Gasteiger partial charge in [-0.1, -0.05) is 42.0 Å². The van der Waals surface area contributed by atoms with Crippen molar-refractivity contribution < 1.29 is 13.2 Å². The molecule has 0 saturated heterocycles. The molecule has 3 aromatic rings. The molecule has 1 heterocycles. The molecule has 0 unspecified atom stereocenters. The number of ether oxygens (including phenoxy) is 1. The summed E-state index contributed by atoms with van der Waals surface area (Å²) in [5.74, 6) is 1.31. The predicted molar refractivity (Wildman–Crippen MR) is 142 cm³/mol. The van der Waals surface area contributed by atoms with E-state index in [0.717, 1.165) is 29.0 Å². The normalized spacial score (nSPS) is 20.8. The van der Waals surface area contributed by atoms with Crippen LogP contribution in [0.1, 0.15) is 48.9 Å². The maximum atomic E-state index is 13.2. The van der Waals surface area contributed by atoms with E-state index in [4.69, 9.17) is 16.3 Å². The van der Waals surface area contributed by atoms with Crippen LogP contribution in [0.15, 0.2) is 77.7 Å². The number of sulfonamides is 1. The summed E-state index contributed by atoms with van der Waals surface area (Å²) in [6.07, 6.45) is 5.47. The lowest BCUT2D eigenvalue weighted by atomic mass is 9.77. The summed E-state index contributed by atoms with van der Waals surface area (Å²) < 4.78 is 35.0. The first-order valence-electron chi connectivity index (χ1n) is 11.8. The van der Waals surface area contributed by atoms with Crippen LogP contribution in [-0.4, -0.2) is 14.5 Å². The van der Waals surface area contributed by atoms with Gasteiger partial charge in [0.05, 0.1) is 22.7 Å². The van der Waals surface area contributed by atoms with Crippen molar-refractivity contribution >= 4 is 33.0 Å². The number of hydrogen-bond acceptors (Lipinski definition) is 4. The fraction of sp³-hybridized carbons (Fsp3) is 0.286. The Bertz CT molecular complexity index is 1380. The van der Waals surface area contributed by atoms with Crippen molar-refractivity contribution in [1.82, 2.24) is 0 Å². The van der Waals surface area contributed by atoms with Crippen molar-refractivity contribution in [1.29, 1.82) is 0 Å². The number of allylic oxidation sites excluding steroid dienone is 2. The Morgan fingerprint density at radius 2 is 1.83 bits per heavy atom. The number of fused-ring (bicyclic) bond motifs is 3. The minimum atomic E-state index is -3.77. The third kappa shape index (κ3) is 4.78. The maximum absolute atomic E-state index is 13.2. The zero-order valence-electron chi connectivity index (χ0n) is 20.0. The van der Waals surface area contributed by atoms with Gasteiger partial charge in [-0.3, -0.25) is 4.72 Å². The van der Waals surface area contributed by atoms with E-state index in [1.165, 1.54) is 5.56 Å². The lowest BCUT2D eigenvalue weighted by Crippen LogP contribution is -2.29. The van der Waals surface area contributed by atoms with Crippen molar-refractivity contribution in [2.75, 3.05) is 10.0 Å². The number of halogens is 1. The van der Waals surface area contributed by atoms with Crippen molar-refractivity contribution in [3.63, 3.8) is 0 Å². The number of anilines is 2. The van der Waals surface area contributed by atoms with E-state index < -0.39 is 10.0 Å². The minimum absolute atomic E-state index is 0.130. The SMILES string of the molecule is Cc1ccc(Cl)cc1NS(=O)(=O)c1ccc2c(c1)[C@H]1C=CC[C@H]1[C@@H](c1ccc(OC(C)C)cc1)N2. The molecule has 0 bridgehead atoms. The van der Waals surface area contributed by atoms with Crippen molar-refractivity contribution in [2.24, 2.45) is 5.92 Å². The molecule has 5 nitrogen and oxygen atoms in total. The Morgan fingerprint density at radius 3 is 2.57 bits per heavy atom. The molecule has 35 heavy (non-hydrogen) atoms. The van der Waals surface area contributed by atoms with Gasteiger partial charge in [0.15, 0.2) is 0 Å². The van der Waals surface area contributed by atoms with Crippen LogP contribution < -0.4 is 14.8 Å². The second kappa shape index (κ2) is 9.25. The van der Waals surface area contributed by atoms with Crippen molar-refractivity contribution in [3.05, 3.63) is 94.5 Å². The number of aryl methyl sites for hydroxylation is 1. The molecule has 2 N–H and O–H groups in total. The highest BCUT2D eigenvalue weighted by atomic mass is 35.5. The summed E-state index contributed by atoms with van der Waals surface area (Å²) in [7, 11) is -3.77. The third-order valence-electron chi connectivity index (χ3n) is 6.70. The van der Waals surface area contributed by atoms with Crippen LogP contribution in [0.2, 0.25) is 5.02 Å². The first-order valence-corrected chi connectivity index (χ1v) is 13.7. The number of rotatable bonds is 6.